The fraction of sp³-hybridized carbons (Fsp3) is 0.182. The Labute approximate surface area is 173 Å². The first-order valence-electron chi connectivity index (χ1n) is 9.26. The fourth-order valence-electron chi connectivity index (χ4n) is 3.19. The van der Waals surface area contributed by atoms with Crippen molar-refractivity contribution in [3.63, 3.8) is 0 Å². The molecule has 4 rings (SSSR count). The van der Waals surface area contributed by atoms with Crippen LogP contribution in [0.5, 0.6) is 0 Å². The van der Waals surface area contributed by atoms with Gasteiger partial charge in [0.15, 0.2) is 5.16 Å². The number of hydrogen-bond acceptors (Lipinski definition) is 5. The summed E-state index contributed by atoms with van der Waals surface area (Å²) in [5, 5.41) is 3.54. The number of anilines is 1. The molecule has 0 aliphatic heterocycles. The van der Waals surface area contributed by atoms with Crippen LogP contribution in [0.4, 0.5) is 5.69 Å². The Balaban J connectivity index is 1.42. The number of rotatable bonds is 5. The molecule has 7 heteroatoms. The molecular weight excluding hydrogens is 382 g/mol. The third-order valence-corrected chi connectivity index (χ3v) is 5.36. The second kappa shape index (κ2) is 8.05. The summed E-state index contributed by atoms with van der Waals surface area (Å²) in [6, 6.07) is 17.7. The van der Waals surface area contributed by atoms with Crippen LogP contribution in [0.3, 0.4) is 0 Å². The highest BCUT2D eigenvalue weighted by atomic mass is 32.2. The average Bonchev–Trinajstić information content (AvgIpc) is 3.03. The van der Waals surface area contributed by atoms with Crippen LogP contribution < -0.4 is 5.32 Å². The molecule has 0 saturated carbocycles. The molecule has 0 saturated heterocycles. The normalized spacial score (nSPS) is 11.0. The molecule has 29 heavy (non-hydrogen) atoms. The summed E-state index contributed by atoms with van der Waals surface area (Å²) in [7, 11) is 2.01. The van der Waals surface area contributed by atoms with Crippen molar-refractivity contribution in [2.45, 2.75) is 19.0 Å². The van der Waals surface area contributed by atoms with Crippen molar-refractivity contribution in [1.82, 2.24) is 19.5 Å². The van der Waals surface area contributed by atoms with Crippen LogP contribution in [0.15, 0.2) is 59.8 Å². The van der Waals surface area contributed by atoms with Gasteiger partial charge in [0.1, 0.15) is 5.82 Å². The number of carbonyl (C=O) groups is 1. The van der Waals surface area contributed by atoms with Gasteiger partial charge in [-0.1, -0.05) is 23.9 Å². The van der Waals surface area contributed by atoms with Gasteiger partial charge in [0.25, 0.3) is 0 Å². The SMILES string of the molecule is Cc1cc(C)nc(SCC(=O)Nc2ccc(-c3nc4ccccc4n3C)cc2)n1. The van der Waals surface area contributed by atoms with Crippen LogP contribution in [0.1, 0.15) is 11.4 Å². The maximum atomic E-state index is 12.3. The molecule has 2 aromatic heterocycles. The lowest BCUT2D eigenvalue weighted by Crippen LogP contribution is -2.14. The molecule has 0 spiro atoms. The van der Waals surface area contributed by atoms with E-state index in [1.165, 1.54) is 11.8 Å². The minimum atomic E-state index is -0.0896. The van der Waals surface area contributed by atoms with Crippen LogP contribution in [0, 0.1) is 13.8 Å². The van der Waals surface area contributed by atoms with E-state index < -0.39 is 0 Å². The average molecular weight is 404 g/mol. The molecule has 0 atom stereocenters. The zero-order chi connectivity index (χ0) is 20.4. The summed E-state index contributed by atoms with van der Waals surface area (Å²) >= 11 is 1.33. The van der Waals surface area contributed by atoms with Crippen molar-refractivity contribution < 1.29 is 4.79 Å². The molecule has 2 heterocycles. The molecule has 2 aromatic carbocycles. The van der Waals surface area contributed by atoms with Gasteiger partial charge in [-0.25, -0.2) is 15.0 Å². The van der Waals surface area contributed by atoms with Gasteiger partial charge < -0.3 is 9.88 Å². The highest BCUT2D eigenvalue weighted by Gasteiger charge is 2.10. The number of benzene rings is 2. The fourth-order valence-corrected chi connectivity index (χ4v) is 3.94. The molecule has 146 valence electrons. The zero-order valence-electron chi connectivity index (χ0n) is 16.5. The van der Waals surface area contributed by atoms with E-state index in [4.69, 9.17) is 4.98 Å². The number of aromatic nitrogens is 4. The molecule has 0 bridgehead atoms. The second-order valence-electron chi connectivity index (χ2n) is 6.83. The van der Waals surface area contributed by atoms with Crippen molar-refractivity contribution in [2.75, 3.05) is 11.1 Å². The first-order chi connectivity index (χ1) is 14.0. The third-order valence-electron chi connectivity index (χ3n) is 4.51. The first kappa shape index (κ1) is 19.1. The quantitative estimate of drug-likeness (QED) is 0.395. The van der Waals surface area contributed by atoms with Crippen LogP contribution in [0.2, 0.25) is 0 Å². The minimum Gasteiger partial charge on any atom is -0.327 e. The molecule has 0 aliphatic carbocycles. The van der Waals surface area contributed by atoms with Crippen molar-refractivity contribution >= 4 is 34.4 Å². The Morgan fingerprint density at radius 1 is 1.00 bits per heavy atom. The van der Waals surface area contributed by atoms with Gasteiger partial charge in [-0.15, -0.1) is 0 Å². The van der Waals surface area contributed by atoms with Crippen LogP contribution in [-0.2, 0) is 11.8 Å². The van der Waals surface area contributed by atoms with Crippen molar-refractivity contribution in [2.24, 2.45) is 7.05 Å². The summed E-state index contributed by atoms with van der Waals surface area (Å²) < 4.78 is 2.07. The number of aryl methyl sites for hydroxylation is 3. The van der Waals surface area contributed by atoms with Crippen molar-refractivity contribution in [3.05, 3.63) is 66.0 Å². The van der Waals surface area contributed by atoms with Gasteiger partial charge >= 0.3 is 0 Å². The zero-order valence-corrected chi connectivity index (χ0v) is 17.3. The summed E-state index contributed by atoms with van der Waals surface area (Å²) in [5.74, 6) is 1.06. The maximum absolute atomic E-state index is 12.3. The summed E-state index contributed by atoms with van der Waals surface area (Å²) in [5.41, 5.74) is 5.61. The van der Waals surface area contributed by atoms with Crippen molar-refractivity contribution in [3.8, 4) is 11.4 Å². The monoisotopic (exact) mass is 403 g/mol. The highest BCUT2D eigenvalue weighted by molar-refractivity contribution is 7.99. The van der Waals surface area contributed by atoms with Crippen LogP contribution >= 0.6 is 11.8 Å². The standard InChI is InChI=1S/C22H21N5OS/c1-14-12-15(2)24-22(23-14)29-13-20(28)25-17-10-8-16(9-11-17)21-26-18-6-4-5-7-19(18)27(21)3/h4-12H,13H2,1-3H3,(H,25,28). The number of para-hydroxylation sites is 2. The number of thioether (sulfide) groups is 1. The molecule has 6 nitrogen and oxygen atoms in total. The van der Waals surface area contributed by atoms with E-state index in [2.05, 4.69) is 25.9 Å². The maximum Gasteiger partial charge on any atom is 0.234 e. The lowest BCUT2D eigenvalue weighted by Gasteiger charge is -2.07. The van der Waals surface area contributed by atoms with Gasteiger partial charge in [-0.2, -0.15) is 0 Å². The molecule has 4 aromatic rings. The summed E-state index contributed by atoms with van der Waals surface area (Å²) in [6.07, 6.45) is 0. The van der Waals surface area contributed by atoms with Gasteiger partial charge in [-0.3, -0.25) is 4.79 Å². The van der Waals surface area contributed by atoms with E-state index in [0.717, 1.165) is 39.5 Å². The largest absolute Gasteiger partial charge is 0.327 e. The molecule has 1 amide bonds. The predicted molar refractivity (Wildman–Crippen MR) is 117 cm³/mol. The number of nitrogens with zero attached hydrogens (tertiary/aromatic N) is 4. The van der Waals surface area contributed by atoms with Crippen LogP contribution in [-0.4, -0.2) is 31.2 Å². The predicted octanol–water partition coefficient (Wildman–Crippen LogP) is 4.38. The first-order valence-corrected chi connectivity index (χ1v) is 10.2. The Morgan fingerprint density at radius 2 is 1.69 bits per heavy atom. The van der Waals surface area contributed by atoms with E-state index in [-0.39, 0.29) is 11.7 Å². The lowest BCUT2D eigenvalue weighted by molar-refractivity contribution is -0.113. The Morgan fingerprint density at radius 3 is 2.38 bits per heavy atom. The molecule has 1 N–H and O–H groups in total. The van der Waals surface area contributed by atoms with Gasteiger partial charge in [0, 0.05) is 29.7 Å². The topological polar surface area (TPSA) is 72.7 Å². The van der Waals surface area contributed by atoms with Gasteiger partial charge in [0.2, 0.25) is 5.91 Å². The lowest BCUT2D eigenvalue weighted by atomic mass is 10.2. The van der Waals surface area contributed by atoms with Crippen LogP contribution in [0.25, 0.3) is 22.4 Å². The molecule has 0 aliphatic rings. The third kappa shape index (κ3) is 4.30. The smallest absolute Gasteiger partial charge is 0.234 e. The summed E-state index contributed by atoms with van der Waals surface area (Å²) in [6.45, 7) is 3.84. The second-order valence-corrected chi connectivity index (χ2v) is 7.77. The van der Waals surface area contributed by atoms with Crippen molar-refractivity contribution in [1.29, 1.82) is 0 Å². The number of carbonyl (C=O) groups excluding carboxylic acids is 1. The Kier molecular flexibility index (Phi) is 5.31. The molecular formula is C22H21N5OS. The number of hydrogen-bond donors (Lipinski definition) is 1. The number of fused-ring (bicyclic) bond motifs is 1. The number of nitrogens with one attached hydrogen (secondary N) is 1. The number of amides is 1. The van der Waals surface area contributed by atoms with E-state index in [0.29, 0.717) is 5.16 Å². The van der Waals surface area contributed by atoms with E-state index in [1.807, 2.05) is 69.4 Å². The molecule has 0 fully saturated rings. The van der Waals surface area contributed by atoms with E-state index in [1.54, 1.807) is 0 Å². The molecule has 0 radical (unpaired) electrons. The number of imidazole rings is 1. The Bertz CT molecular complexity index is 1160. The highest BCUT2D eigenvalue weighted by Crippen LogP contribution is 2.25. The molecule has 0 unspecified atom stereocenters. The van der Waals surface area contributed by atoms with Gasteiger partial charge in [0.05, 0.1) is 16.8 Å². The van der Waals surface area contributed by atoms with E-state index in [9.17, 15) is 4.79 Å². The Hall–Kier alpha value is -3.19. The summed E-state index contributed by atoms with van der Waals surface area (Å²) in [4.78, 5) is 25.7. The van der Waals surface area contributed by atoms with Gasteiger partial charge in [-0.05, 0) is 56.3 Å². The minimum absolute atomic E-state index is 0.0896. The van der Waals surface area contributed by atoms with E-state index >= 15 is 0 Å².